The molecular formula is C21H36OS. The number of thioether (sulfide) groups is 1. The summed E-state index contributed by atoms with van der Waals surface area (Å²) in [6.45, 7) is 6.11. The van der Waals surface area contributed by atoms with E-state index in [1.165, 1.54) is 75.5 Å². The van der Waals surface area contributed by atoms with Gasteiger partial charge in [-0.2, -0.15) is 0 Å². The summed E-state index contributed by atoms with van der Waals surface area (Å²) in [6, 6.07) is 0. The molecule has 1 fully saturated rings. The fourth-order valence-corrected chi connectivity index (χ4v) is 3.64. The molecule has 0 saturated heterocycles. The summed E-state index contributed by atoms with van der Waals surface area (Å²) in [5.74, 6) is 1.10. The fraction of sp³-hybridized carbons (Fsp3) is 0.714. The van der Waals surface area contributed by atoms with Gasteiger partial charge in [-0.25, -0.2) is 0 Å². The van der Waals surface area contributed by atoms with Crippen molar-refractivity contribution in [3.05, 3.63) is 35.5 Å². The molecule has 0 amide bonds. The van der Waals surface area contributed by atoms with Crippen molar-refractivity contribution >= 4 is 11.8 Å². The second kappa shape index (κ2) is 13.8. The summed E-state index contributed by atoms with van der Waals surface area (Å²) in [4.78, 5) is 1.31. The summed E-state index contributed by atoms with van der Waals surface area (Å²) in [5, 5.41) is 0. The summed E-state index contributed by atoms with van der Waals surface area (Å²) >= 11 is 1.82. The summed E-state index contributed by atoms with van der Waals surface area (Å²) in [7, 11) is 0. The zero-order chi connectivity index (χ0) is 16.8. The monoisotopic (exact) mass is 336 g/mol. The van der Waals surface area contributed by atoms with Crippen LogP contribution in [0.4, 0.5) is 0 Å². The van der Waals surface area contributed by atoms with Crippen molar-refractivity contribution in [1.29, 1.82) is 0 Å². The van der Waals surface area contributed by atoms with E-state index in [1.807, 2.05) is 17.8 Å². The Hall–Kier alpha value is -0.630. The smallest absolute Gasteiger partial charge is 0.129 e. The average molecular weight is 337 g/mol. The number of unbranched alkanes of at least 4 members (excludes halogenated alkanes) is 5. The molecule has 2 heteroatoms. The summed E-state index contributed by atoms with van der Waals surface area (Å²) in [5.41, 5.74) is 0. The van der Waals surface area contributed by atoms with Gasteiger partial charge < -0.3 is 4.74 Å². The average Bonchev–Trinajstić information content (AvgIpc) is 2.59. The Labute approximate surface area is 148 Å². The quantitative estimate of drug-likeness (QED) is 0.159. The van der Waals surface area contributed by atoms with E-state index in [2.05, 4.69) is 31.9 Å². The van der Waals surface area contributed by atoms with Crippen molar-refractivity contribution in [2.24, 2.45) is 0 Å². The highest BCUT2D eigenvalue weighted by Crippen LogP contribution is 2.30. The van der Waals surface area contributed by atoms with Gasteiger partial charge in [0.05, 0.1) is 6.10 Å². The van der Waals surface area contributed by atoms with Crippen LogP contribution in [0.1, 0.15) is 84.0 Å². The van der Waals surface area contributed by atoms with E-state index < -0.39 is 0 Å². The zero-order valence-corrected chi connectivity index (χ0v) is 16.1. The molecule has 0 radical (unpaired) electrons. The first kappa shape index (κ1) is 20.4. The lowest BCUT2D eigenvalue weighted by molar-refractivity contribution is 0.0887. The van der Waals surface area contributed by atoms with Crippen LogP contribution >= 0.6 is 11.8 Å². The van der Waals surface area contributed by atoms with Crippen LogP contribution < -0.4 is 0 Å². The van der Waals surface area contributed by atoms with Gasteiger partial charge in [-0.1, -0.05) is 51.2 Å². The van der Waals surface area contributed by atoms with Crippen molar-refractivity contribution in [3.8, 4) is 0 Å². The van der Waals surface area contributed by atoms with Crippen LogP contribution in [-0.2, 0) is 4.74 Å². The molecule has 1 rings (SSSR count). The second-order valence-corrected chi connectivity index (χ2v) is 7.29. The lowest BCUT2D eigenvalue weighted by Gasteiger charge is -2.25. The van der Waals surface area contributed by atoms with Gasteiger partial charge in [0, 0.05) is 4.91 Å². The van der Waals surface area contributed by atoms with Crippen LogP contribution in [0.3, 0.4) is 0 Å². The Kier molecular flexibility index (Phi) is 12.2. The van der Waals surface area contributed by atoms with E-state index in [0.29, 0.717) is 6.10 Å². The van der Waals surface area contributed by atoms with E-state index >= 15 is 0 Å². The molecule has 0 spiro atoms. The van der Waals surface area contributed by atoms with Gasteiger partial charge in [0.25, 0.3) is 0 Å². The number of rotatable bonds is 12. The maximum atomic E-state index is 6.37. The molecule has 1 aliphatic carbocycles. The van der Waals surface area contributed by atoms with Gasteiger partial charge in [-0.3, -0.25) is 0 Å². The normalized spacial score (nSPS) is 17.3. The molecule has 0 heterocycles. The van der Waals surface area contributed by atoms with Crippen molar-refractivity contribution < 1.29 is 4.74 Å². The minimum absolute atomic E-state index is 0.417. The third-order valence-electron chi connectivity index (χ3n) is 4.42. The minimum Gasteiger partial charge on any atom is -0.490 e. The molecule has 0 aliphatic heterocycles. The standard InChI is InChI=1S/C21H36OS/c1-4-6-8-9-10-14-18-21(23-3)20(17-7-5-2)22-19-15-12-11-13-16-19/h5,17-19H,2,4,6-16H2,1,3H3/b20-17-,21-18-. The molecule has 0 aromatic rings. The Bertz CT molecular complexity index is 364. The first-order valence-electron chi connectivity index (χ1n) is 9.54. The van der Waals surface area contributed by atoms with Crippen LogP contribution in [0.15, 0.2) is 35.5 Å². The van der Waals surface area contributed by atoms with E-state index in [0.717, 1.165) is 12.2 Å². The fourth-order valence-electron chi connectivity index (χ4n) is 3.03. The van der Waals surface area contributed by atoms with Gasteiger partial charge in [-0.15, -0.1) is 18.3 Å². The van der Waals surface area contributed by atoms with Gasteiger partial charge in [-0.05, 0) is 57.3 Å². The van der Waals surface area contributed by atoms with E-state index in [1.54, 1.807) is 0 Å². The van der Waals surface area contributed by atoms with Crippen molar-refractivity contribution in [3.63, 3.8) is 0 Å². The van der Waals surface area contributed by atoms with Crippen LogP contribution in [0.5, 0.6) is 0 Å². The van der Waals surface area contributed by atoms with E-state index in [9.17, 15) is 0 Å². The van der Waals surface area contributed by atoms with E-state index in [4.69, 9.17) is 4.74 Å². The van der Waals surface area contributed by atoms with Gasteiger partial charge in [0.1, 0.15) is 5.76 Å². The van der Waals surface area contributed by atoms with Gasteiger partial charge in [0.15, 0.2) is 0 Å². The molecule has 1 nitrogen and oxygen atoms in total. The van der Waals surface area contributed by atoms with Crippen LogP contribution in [0.25, 0.3) is 0 Å². The molecule has 0 N–H and O–H groups in total. The molecule has 132 valence electrons. The number of hydrogen-bond donors (Lipinski definition) is 0. The largest absolute Gasteiger partial charge is 0.490 e. The first-order valence-corrected chi connectivity index (χ1v) is 10.8. The highest BCUT2D eigenvalue weighted by molar-refractivity contribution is 8.02. The van der Waals surface area contributed by atoms with Gasteiger partial charge >= 0.3 is 0 Å². The second-order valence-electron chi connectivity index (χ2n) is 6.45. The van der Waals surface area contributed by atoms with Crippen molar-refractivity contribution in [2.75, 3.05) is 6.26 Å². The zero-order valence-electron chi connectivity index (χ0n) is 15.3. The maximum absolute atomic E-state index is 6.37. The van der Waals surface area contributed by atoms with Crippen molar-refractivity contribution in [1.82, 2.24) is 0 Å². The van der Waals surface area contributed by atoms with Crippen LogP contribution in [0.2, 0.25) is 0 Å². The predicted molar refractivity (Wildman–Crippen MR) is 106 cm³/mol. The predicted octanol–water partition coefficient (Wildman–Crippen LogP) is 7.40. The molecule has 0 aromatic heterocycles. The topological polar surface area (TPSA) is 9.23 Å². The Morgan fingerprint density at radius 2 is 1.83 bits per heavy atom. The minimum atomic E-state index is 0.417. The molecule has 0 atom stereocenters. The molecule has 1 aliphatic rings. The SMILES string of the molecule is C=CC/C=C(OC1CCCCC1)/C(=C/CCCCCCC)SC. The highest BCUT2D eigenvalue weighted by Gasteiger charge is 2.17. The number of hydrogen-bond acceptors (Lipinski definition) is 2. The molecule has 0 aromatic carbocycles. The Balaban J connectivity index is 2.55. The molecule has 23 heavy (non-hydrogen) atoms. The first-order chi connectivity index (χ1) is 11.3. The number of allylic oxidation sites excluding steroid dienone is 3. The summed E-state index contributed by atoms with van der Waals surface area (Å²) < 4.78 is 6.37. The van der Waals surface area contributed by atoms with Crippen LogP contribution in [-0.4, -0.2) is 12.4 Å². The number of ether oxygens (including phenoxy) is 1. The van der Waals surface area contributed by atoms with Crippen LogP contribution in [0, 0.1) is 0 Å². The third-order valence-corrected chi connectivity index (χ3v) is 5.22. The molecule has 0 unspecified atom stereocenters. The van der Waals surface area contributed by atoms with Gasteiger partial charge in [0.2, 0.25) is 0 Å². The molecule has 0 bridgehead atoms. The summed E-state index contributed by atoms with van der Waals surface area (Å²) in [6.07, 6.45) is 24.3. The third kappa shape index (κ3) is 9.30. The lowest BCUT2D eigenvalue weighted by atomic mass is 9.98. The molecular weight excluding hydrogens is 300 g/mol. The Morgan fingerprint density at radius 1 is 1.09 bits per heavy atom. The maximum Gasteiger partial charge on any atom is 0.129 e. The van der Waals surface area contributed by atoms with E-state index in [-0.39, 0.29) is 0 Å². The lowest BCUT2D eigenvalue weighted by Crippen LogP contribution is -2.16. The highest BCUT2D eigenvalue weighted by atomic mass is 32.2. The molecule has 1 saturated carbocycles. The van der Waals surface area contributed by atoms with Crippen molar-refractivity contribution in [2.45, 2.75) is 90.1 Å². The Morgan fingerprint density at radius 3 is 2.48 bits per heavy atom.